The van der Waals surface area contributed by atoms with Gasteiger partial charge in [-0.3, -0.25) is 0 Å². The standard InChI is InChI=1S/C16H32O10Si2/c1-21-27(22-2,23-3)11-7-9-13(15(17)18)14(16(19)20)10-8-12-28(24-4,25-5)26-6/h7-12H2,1-6H3,(H,17,18)(H,19,20)/b14-13+. The maximum absolute atomic E-state index is 11.7. The summed E-state index contributed by atoms with van der Waals surface area (Å²) < 4.78 is 31.8. The molecular weight excluding hydrogens is 408 g/mol. The van der Waals surface area contributed by atoms with E-state index >= 15 is 0 Å². The van der Waals surface area contributed by atoms with E-state index in [4.69, 9.17) is 26.6 Å². The quantitative estimate of drug-likeness (QED) is 0.270. The van der Waals surface area contributed by atoms with Crippen LogP contribution in [0.25, 0.3) is 0 Å². The van der Waals surface area contributed by atoms with Gasteiger partial charge in [0.15, 0.2) is 0 Å². The third kappa shape index (κ3) is 7.71. The van der Waals surface area contributed by atoms with E-state index in [9.17, 15) is 19.8 Å². The van der Waals surface area contributed by atoms with E-state index in [1.165, 1.54) is 42.7 Å². The van der Waals surface area contributed by atoms with E-state index in [0.717, 1.165) is 0 Å². The number of carboxylic acid groups (broad SMARTS) is 2. The lowest BCUT2D eigenvalue weighted by Gasteiger charge is -2.24. The lowest BCUT2D eigenvalue weighted by Crippen LogP contribution is -2.42. The fourth-order valence-corrected chi connectivity index (χ4v) is 6.29. The summed E-state index contributed by atoms with van der Waals surface area (Å²) in [6.07, 6.45) is 0.826. The number of carboxylic acids is 2. The molecule has 0 aromatic heterocycles. The molecule has 164 valence electrons. The monoisotopic (exact) mass is 440 g/mol. The van der Waals surface area contributed by atoms with Gasteiger partial charge in [-0.25, -0.2) is 9.59 Å². The number of rotatable bonds is 16. The zero-order chi connectivity index (χ0) is 21.8. The average Bonchev–Trinajstić information content (AvgIpc) is 2.70. The van der Waals surface area contributed by atoms with Crippen LogP contribution >= 0.6 is 0 Å². The molecular formula is C16H32O10Si2. The number of hydrogen-bond donors (Lipinski definition) is 2. The van der Waals surface area contributed by atoms with Crippen molar-refractivity contribution >= 4 is 29.5 Å². The molecule has 0 fully saturated rings. The van der Waals surface area contributed by atoms with Gasteiger partial charge in [0.05, 0.1) is 0 Å². The Morgan fingerprint density at radius 1 is 0.607 bits per heavy atom. The van der Waals surface area contributed by atoms with Gasteiger partial charge in [-0.1, -0.05) is 0 Å². The highest BCUT2D eigenvalue weighted by molar-refractivity contribution is 6.60. The van der Waals surface area contributed by atoms with E-state index in [2.05, 4.69) is 0 Å². The minimum absolute atomic E-state index is 0.0587. The molecule has 0 aromatic carbocycles. The van der Waals surface area contributed by atoms with Gasteiger partial charge in [-0.2, -0.15) is 0 Å². The van der Waals surface area contributed by atoms with Gasteiger partial charge in [-0.15, -0.1) is 0 Å². The summed E-state index contributed by atoms with van der Waals surface area (Å²) in [5.41, 5.74) is -0.281. The molecule has 0 rings (SSSR count). The van der Waals surface area contributed by atoms with Crippen molar-refractivity contribution in [3.05, 3.63) is 11.1 Å². The van der Waals surface area contributed by atoms with E-state index in [1.54, 1.807) is 0 Å². The minimum atomic E-state index is -2.85. The van der Waals surface area contributed by atoms with Crippen LogP contribution in [-0.4, -0.2) is 82.4 Å². The first-order valence-corrected chi connectivity index (χ1v) is 12.6. The molecule has 0 aliphatic rings. The first-order chi connectivity index (χ1) is 13.2. The Labute approximate surface area is 168 Å². The molecule has 0 amide bonds. The Kier molecular flexibility index (Phi) is 12.6. The van der Waals surface area contributed by atoms with Crippen molar-refractivity contribution in [1.82, 2.24) is 0 Å². The van der Waals surface area contributed by atoms with Crippen molar-refractivity contribution in [2.45, 2.75) is 37.8 Å². The van der Waals surface area contributed by atoms with Crippen LogP contribution in [-0.2, 0) is 36.1 Å². The maximum atomic E-state index is 11.7. The van der Waals surface area contributed by atoms with Crippen molar-refractivity contribution in [3.63, 3.8) is 0 Å². The van der Waals surface area contributed by atoms with Gasteiger partial charge >= 0.3 is 29.5 Å². The third-order valence-corrected chi connectivity index (χ3v) is 10.2. The highest BCUT2D eigenvalue weighted by atomic mass is 28.4. The molecule has 0 unspecified atom stereocenters. The van der Waals surface area contributed by atoms with Crippen LogP contribution in [0.4, 0.5) is 0 Å². The molecule has 0 saturated heterocycles. The van der Waals surface area contributed by atoms with Crippen LogP contribution in [0.5, 0.6) is 0 Å². The molecule has 0 atom stereocenters. The minimum Gasteiger partial charge on any atom is -0.478 e. The molecule has 0 aromatic rings. The van der Waals surface area contributed by atoms with Gasteiger partial charge < -0.3 is 36.8 Å². The molecule has 2 N–H and O–H groups in total. The van der Waals surface area contributed by atoms with Crippen LogP contribution < -0.4 is 0 Å². The van der Waals surface area contributed by atoms with Crippen molar-refractivity contribution in [3.8, 4) is 0 Å². The second-order valence-corrected chi connectivity index (χ2v) is 12.0. The van der Waals surface area contributed by atoms with E-state index in [1.807, 2.05) is 0 Å². The molecule has 28 heavy (non-hydrogen) atoms. The third-order valence-electron chi connectivity index (χ3n) is 4.57. The number of hydrogen-bond acceptors (Lipinski definition) is 8. The second-order valence-electron chi connectivity index (χ2n) is 5.87. The molecule has 12 heteroatoms. The fraction of sp³-hybridized carbons (Fsp3) is 0.750. The van der Waals surface area contributed by atoms with Gasteiger partial charge in [0.1, 0.15) is 0 Å². The van der Waals surface area contributed by atoms with Crippen molar-refractivity contribution in [2.75, 3.05) is 42.7 Å². The van der Waals surface area contributed by atoms with E-state index < -0.39 is 29.5 Å². The predicted molar refractivity (Wildman–Crippen MR) is 104 cm³/mol. The van der Waals surface area contributed by atoms with Crippen molar-refractivity contribution in [2.24, 2.45) is 0 Å². The largest absolute Gasteiger partial charge is 0.500 e. The predicted octanol–water partition coefficient (Wildman–Crippen LogP) is 1.77. The summed E-state index contributed by atoms with van der Waals surface area (Å²) in [6, 6.07) is 0.737. The summed E-state index contributed by atoms with van der Waals surface area (Å²) in [4.78, 5) is 23.3. The SMILES string of the molecule is CO[Si](CCC/C(C(=O)O)=C(/CCC[Si](OC)(OC)OC)C(=O)O)(OC)OC. The first-order valence-electron chi connectivity index (χ1n) is 8.69. The second kappa shape index (κ2) is 13.2. The van der Waals surface area contributed by atoms with Gasteiger partial charge in [0, 0.05) is 65.9 Å². The number of carbonyl (C=O) groups is 2. The molecule has 0 spiro atoms. The Balaban J connectivity index is 5.27. The Hall–Kier alpha value is -1.13. The van der Waals surface area contributed by atoms with E-state index in [0.29, 0.717) is 24.9 Å². The summed E-state index contributed by atoms with van der Waals surface area (Å²) in [5, 5.41) is 19.0. The van der Waals surface area contributed by atoms with Gasteiger partial charge in [-0.05, 0) is 25.7 Å². The average molecular weight is 441 g/mol. The van der Waals surface area contributed by atoms with Crippen LogP contribution in [0, 0.1) is 0 Å². The topological polar surface area (TPSA) is 130 Å². The highest BCUT2D eigenvalue weighted by Gasteiger charge is 2.38. The van der Waals surface area contributed by atoms with Gasteiger partial charge in [0.2, 0.25) is 0 Å². The van der Waals surface area contributed by atoms with Gasteiger partial charge in [0.25, 0.3) is 0 Å². The zero-order valence-electron chi connectivity index (χ0n) is 17.4. The zero-order valence-corrected chi connectivity index (χ0v) is 19.4. The molecule has 0 saturated carbocycles. The smallest absolute Gasteiger partial charge is 0.478 e. The lowest BCUT2D eigenvalue weighted by atomic mass is 10.00. The first kappa shape index (κ1) is 26.9. The Bertz CT molecular complexity index is 467. The normalized spacial score (nSPS) is 13.4. The summed E-state index contributed by atoms with van der Waals surface area (Å²) in [5.74, 6) is -2.52. The molecule has 0 bridgehead atoms. The molecule has 10 nitrogen and oxygen atoms in total. The van der Waals surface area contributed by atoms with E-state index in [-0.39, 0.29) is 24.0 Å². The molecule has 0 heterocycles. The Morgan fingerprint density at radius 3 is 1.04 bits per heavy atom. The lowest BCUT2D eigenvalue weighted by molar-refractivity contribution is -0.136. The maximum Gasteiger partial charge on any atom is 0.500 e. The van der Waals surface area contributed by atoms with Crippen LogP contribution in [0.15, 0.2) is 11.1 Å². The van der Waals surface area contributed by atoms with Crippen LogP contribution in [0.3, 0.4) is 0 Å². The Morgan fingerprint density at radius 2 is 0.857 bits per heavy atom. The molecule has 0 aliphatic carbocycles. The molecule has 0 radical (unpaired) electrons. The van der Waals surface area contributed by atoms with Crippen molar-refractivity contribution < 1.29 is 46.4 Å². The summed E-state index contributed by atoms with van der Waals surface area (Å²) in [7, 11) is 3.09. The summed E-state index contributed by atoms with van der Waals surface area (Å²) >= 11 is 0. The highest BCUT2D eigenvalue weighted by Crippen LogP contribution is 2.25. The number of aliphatic carboxylic acids is 2. The fourth-order valence-electron chi connectivity index (χ4n) is 2.85. The van der Waals surface area contributed by atoms with Crippen molar-refractivity contribution in [1.29, 1.82) is 0 Å². The summed E-state index contributed by atoms with van der Waals surface area (Å²) in [6.45, 7) is 0. The molecule has 0 aliphatic heterocycles. The van der Waals surface area contributed by atoms with Crippen LogP contribution in [0.2, 0.25) is 12.1 Å². The van der Waals surface area contributed by atoms with Crippen LogP contribution in [0.1, 0.15) is 25.7 Å².